The van der Waals surface area contributed by atoms with Crippen molar-refractivity contribution in [1.82, 2.24) is 14.8 Å². The van der Waals surface area contributed by atoms with Gasteiger partial charge in [0.05, 0.1) is 24.1 Å². The van der Waals surface area contributed by atoms with Crippen molar-refractivity contribution in [1.29, 1.82) is 0 Å². The summed E-state index contributed by atoms with van der Waals surface area (Å²) in [6, 6.07) is 16.0. The van der Waals surface area contributed by atoms with Gasteiger partial charge >= 0.3 is 0 Å². The van der Waals surface area contributed by atoms with Gasteiger partial charge in [-0.2, -0.15) is 0 Å². The van der Waals surface area contributed by atoms with Gasteiger partial charge in [0.15, 0.2) is 0 Å². The van der Waals surface area contributed by atoms with Crippen LogP contribution in [0.25, 0.3) is 16.9 Å². The van der Waals surface area contributed by atoms with Gasteiger partial charge in [-0.25, -0.2) is 4.39 Å². The number of halogens is 1. The van der Waals surface area contributed by atoms with Gasteiger partial charge in [0.25, 0.3) is 5.91 Å². The minimum atomic E-state index is -0.336. The molecule has 0 spiro atoms. The standard InChI is InChI=1S/C25H28FN3O2/c1-18-21(25(30)27-13-16-28-14-5-6-15-28)17-24(19-9-11-20(31-2)12-10-19)29(18)23-8-4-3-7-22(23)26/h3-4,7-12,17H,5-6,13-16H2,1-2H3,(H,27,30). The van der Waals surface area contributed by atoms with E-state index in [1.807, 2.05) is 41.8 Å². The van der Waals surface area contributed by atoms with E-state index in [0.29, 0.717) is 23.5 Å². The summed E-state index contributed by atoms with van der Waals surface area (Å²) in [5.41, 5.74) is 3.31. The van der Waals surface area contributed by atoms with Crippen molar-refractivity contribution < 1.29 is 13.9 Å². The molecule has 1 aliphatic rings. The van der Waals surface area contributed by atoms with Crippen molar-refractivity contribution in [3.8, 4) is 22.7 Å². The summed E-state index contributed by atoms with van der Waals surface area (Å²) >= 11 is 0. The molecule has 1 amide bonds. The number of hydrogen-bond acceptors (Lipinski definition) is 3. The lowest BCUT2D eigenvalue weighted by Gasteiger charge is -2.15. The smallest absolute Gasteiger partial charge is 0.253 e. The number of carbonyl (C=O) groups excluding carboxylic acids is 1. The van der Waals surface area contributed by atoms with Crippen LogP contribution in [-0.2, 0) is 0 Å². The number of methoxy groups -OCH3 is 1. The molecule has 31 heavy (non-hydrogen) atoms. The Balaban J connectivity index is 1.67. The molecule has 0 bridgehead atoms. The highest BCUT2D eigenvalue weighted by molar-refractivity contribution is 5.97. The molecule has 2 heterocycles. The monoisotopic (exact) mass is 421 g/mol. The molecule has 1 aliphatic heterocycles. The highest BCUT2D eigenvalue weighted by Gasteiger charge is 2.21. The fourth-order valence-corrected chi connectivity index (χ4v) is 4.18. The largest absolute Gasteiger partial charge is 0.497 e. The molecule has 0 radical (unpaired) electrons. The lowest BCUT2D eigenvalue weighted by atomic mass is 10.1. The number of aromatic nitrogens is 1. The Morgan fingerprint density at radius 2 is 1.81 bits per heavy atom. The zero-order valence-corrected chi connectivity index (χ0v) is 18.0. The Morgan fingerprint density at radius 3 is 2.48 bits per heavy atom. The summed E-state index contributed by atoms with van der Waals surface area (Å²) in [7, 11) is 1.62. The van der Waals surface area contributed by atoms with Crippen molar-refractivity contribution in [2.45, 2.75) is 19.8 Å². The Hall–Kier alpha value is -3.12. The van der Waals surface area contributed by atoms with E-state index >= 15 is 0 Å². The number of carbonyl (C=O) groups is 1. The minimum Gasteiger partial charge on any atom is -0.497 e. The number of hydrogen-bond donors (Lipinski definition) is 1. The summed E-state index contributed by atoms with van der Waals surface area (Å²) in [5.74, 6) is 0.267. The van der Waals surface area contributed by atoms with E-state index in [4.69, 9.17) is 4.74 Å². The van der Waals surface area contributed by atoms with Crippen molar-refractivity contribution >= 4 is 5.91 Å². The molecule has 5 nitrogen and oxygen atoms in total. The van der Waals surface area contributed by atoms with Crippen LogP contribution < -0.4 is 10.1 Å². The summed E-state index contributed by atoms with van der Waals surface area (Å²) in [6.45, 7) is 5.50. The highest BCUT2D eigenvalue weighted by Crippen LogP contribution is 2.31. The topological polar surface area (TPSA) is 46.5 Å². The first kappa shape index (κ1) is 21.1. The second-order valence-corrected chi connectivity index (χ2v) is 7.85. The van der Waals surface area contributed by atoms with Crippen molar-refractivity contribution in [2.75, 3.05) is 33.3 Å². The summed E-state index contributed by atoms with van der Waals surface area (Å²) in [5, 5.41) is 3.04. The minimum absolute atomic E-state index is 0.137. The first-order valence-corrected chi connectivity index (χ1v) is 10.7. The first-order chi connectivity index (χ1) is 15.1. The first-order valence-electron chi connectivity index (χ1n) is 10.7. The molecule has 6 heteroatoms. The maximum Gasteiger partial charge on any atom is 0.253 e. The van der Waals surface area contributed by atoms with Crippen LogP contribution in [0.15, 0.2) is 54.6 Å². The predicted octanol–water partition coefficient (Wildman–Crippen LogP) is 4.43. The SMILES string of the molecule is COc1ccc(-c2cc(C(=O)NCCN3CCCC3)c(C)n2-c2ccccc2F)cc1. The molecule has 4 rings (SSSR count). The fourth-order valence-electron chi connectivity index (χ4n) is 4.18. The van der Waals surface area contributed by atoms with Gasteiger partial charge in [0, 0.05) is 18.8 Å². The molecule has 2 aromatic carbocycles. The number of likely N-dealkylation sites (tertiary alicyclic amines) is 1. The lowest BCUT2D eigenvalue weighted by Crippen LogP contribution is -2.33. The molecule has 3 aromatic rings. The summed E-state index contributed by atoms with van der Waals surface area (Å²) < 4.78 is 21.8. The van der Waals surface area contributed by atoms with E-state index in [0.717, 1.165) is 36.6 Å². The van der Waals surface area contributed by atoms with Crippen LogP contribution in [0, 0.1) is 12.7 Å². The average molecular weight is 422 g/mol. The van der Waals surface area contributed by atoms with E-state index in [1.165, 1.54) is 18.9 Å². The van der Waals surface area contributed by atoms with Crippen LogP contribution in [0.1, 0.15) is 28.9 Å². The van der Waals surface area contributed by atoms with Gasteiger partial charge in [-0.15, -0.1) is 0 Å². The molecule has 0 saturated carbocycles. The molecule has 1 aromatic heterocycles. The molecule has 162 valence electrons. The predicted molar refractivity (Wildman–Crippen MR) is 120 cm³/mol. The van der Waals surface area contributed by atoms with Gasteiger partial charge in [0.2, 0.25) is 0 Å². The Labute approximate surface area is 182 Å². The maximum absolute atomic E-state index is 14.7. The third kappa shape index (κ3) is 4.49. The molecule has 1 fully saturated rings. The van der Waals surface area contributed by atoms with E-state index < -0.39 is 0 Å². The summed E-state index contributed by atoms with van der Waals surface area (Å²) in [6.07, 6.45) is 2.45. The molecule has 0 atom stereocenters. The third-order valence-electron chi connectivity index (χ3n) is 5.88. The van der Waals surface area contributed by atoms with E-state index in [2.05, 4.69) is 10.2 Å². The highest BCUT2D eigenvalue weighted by atomic mass is 19.1. The zero-order valence-electron chi connectivity index (χ0n) is 18.0. The number of nitrogens with one attached hydrogen (secondary N) is 1. The van der Waals surface area contributed by atoms with Crippen LogP contribution in [-0.4, -0.2) is 48.7 Å². The Kier molecular flexibility index (Phi) is 6.37. The Morgan fingerprint density at radius 1 is 1.10 bits per heavy atom. The van der Waals surface area contributed by atoms with Crippen LogP contribution in [0.2, 0.25) is 0 Å². The van der Waals surface area contributed by atoms with Gasteiger partial charge in [0.1, 0.15) is 11.6 Å². The van der Waals surface area contributed by atoms with Gasteiger partial charge in [-0.05, 0) is 80.9 Å². The number of amides is 1. The number of para-hydroxylation sites is 1. The van der Waals surface area contributed by atoms with Crippen LogP contribution in [0.3, 0.4) is 0 Å². The average Bonchev–Trinajstić information content (AvgIpc) is 3.42. The van der Waals surface area contributed by atoms with E-state index in [1.54, 1.807) is 25.3 Å². The normalized spacial score (nSPS) is 14.0. The molecular formula is C25H28FN3O2. The second kappa shape index (κ2) is 9.35. The fraction of sp³-hybridized carbons (Fsp3) is 0.320. The molecular weight excluding hydrogens is 393 g/mol. The number of benzene rings is 2. The van der Waals surface area contributed by atoms with E-state index in [9.17, 15) is 9.18 Å². The Bertz CT molecular complexity index is 1050. The van der Waals surface area contributed by atoms with Crippen molar-refractivity contribution in [3.05, 3.63) is 71.7 Å². The molecule has 1 saturated heterocycles. The van der Waals surface area contributed by atoms with Gasteiger partial charge in [-0.1, -0.05) is 12.1 Å². The lowest BCUT2D eigenvalue weighted by molar-refractivity contribution is 0.0949. The third-order valence-corrected chi connectivity index (χ3v) is 5.88. The van der Waals surface area contributed by atoms with E-state index in [-0.39, 0.29) is 11.7 Å². The molecule has 0 unspecified atom stereocenters. The van der Waals surface area contributed by atoms with Crippen LogP contribution in [0.4, 0.5) is 4.39 Å². The number of nitrogens with zero attached hydrogens (tertiary/aromatic N) is 2. The van der Waals surface area contributed by atoms with Crippen LogP contribution >= 0.6 is 0 Å². The van der Waals surface area contributed by atoms with Crippen LogP contribution in [0.5, 0.6) is 5.75 Å². The summed E-state index contributed by atoms with van der Waals surface area (Å²) in [4.78, 5) is 15.4. The quantitative estimate of drug-likeness (QED) is 0.614. The molecule has 0 aliphatic carbocycles. The van der Waals surface area contributed by atoms with Crippen molar-refractivity contribution in [2.24, 2.45) is 0 Å². The zero-order chi connectivity index (χ0) is 21.8. The maximum atomic E-state index is 14.7. The molecule has 1 N–H and O–H groups in total. The number of rotatable bonds is 7. The van der Waals surface area contributed by atoms with Crippen molar-refractivity contribution in [3.63, 3.8) is 0 Å². The second-order valence-electron chi connectivity index (χ2n) is 7.85. The van der Waals surface area contributed by atoms with Gasteiger partial charge in [-0.3, -0.25) is 4.79 Å². The number of ether oxygens (including phenoxy) is 1. The van der Waals surface area contributed by atoms with Gasteiger partial charge < -0.3 is 19.5 Å².